The first-order valence-corrected chi connectivity index (χ1v) is 3.92. The van der Waals surface area contributed by atoms with E-state index in [0.717, 1.165) is 0 Å². The van der Waals surface area contributed by atoms with Crippen molar-refractivity contribution in [2.24, 2.45) is 0 Å². The molecule has 4 nitrogen and oxygen atoms in total. The standard InChI is InChI=1S/C7H18N.N3/c1-5-8(4,6-2)7-3;1-3-2/h5-7H2,1-4H3;/q+1;-1. The lowest BCUT2D eigenvalue weighted by molar-refractivity contribution is -0.904. The Hall–Kier alpha value is -0.730. The van der Waals surface area contributed by atoms with Crippen LogP contribution in [0.5, 0.6) is 0 Å². The third-order valence-corrected chi connectivity index (χ3v) is 2.29. The van der Waals surface area contributed by atoms with E-state index < -0.39 is 0 Å². The number of hydrogen-bond acceptors (Lipinski definition) is 0. The fraction of sp³-hybridized carbons (Fsp3) is 1.00. The molecule has 0 radical (unpaired) electrons. The van der Waals surface area contributed by atoms with Crippen LogP contribution in [0.3, 0.4) is 0 Å². The third kappa shape index (κ3) is 7.16. The zero-order valence-electron chi connectivity index (χ0n) is 7.91. The Morgan fingerprint density at radius 3 is 1.18 bits per heavy atom. The van der Waals surface area contributed by atoms with Gasteiger partial charge >= 0.3 is 0 Å². The summed E-state index contributed by atoms with van der Waals surface area (Å²) in [6.45, 7) is 10.5. The van der Waals surface area contributed by atoms with Gasteiger partial charge in [0.15, 0.2) is 0 Å². The number of nitrogens with zero attached hydrogens (tertiary/aromatic N) is 4. The van der Waals surface area contributed by atoms with Gasteiger partial charge in [0.05, 0.1) is 26.7 Å². The Kier molecular flexibility index (Phi) is 8.65. The van der Waals surface area contributed by atoms with Crippen molar-refractivity contribution in [1.29, 1.82) is 0 Å². The Labute approximate surface area is 68.8 Å². The van der Waals surface area contributed by atoms with Gasteiger partial charge in [-0.1, -0.05) is 0 Å². The van der Waals surface area contributed by atoms with Crippen LogP contribution in [0.4, 0.5) is 0 Å². The summed E-state index contributed by atoms with van der Waals surface area (Å²) in [5, 5.41) is 0. The topological polar surface area (TPSA) is 58.7 Å². The van der Waals surface area contributed by atoms with Gasteiger partial charge in [-0.25, -0.2) is 0 Å². The molecule has 0 amide bonds. The van der Waals surface area contributed by atoms with E-state index in [0.29, 0.717) is 0 Å². The summed E-state index contributed by atoms with van der Waals surface area (Å²) in [6, 6.07) is 0. The summed E-state index contributed by atoms with van der Waals surface area (Å²) < 4.78 is 1.21. The minimum absolute atomic E-state index is 1.21. The number of quaternary nitrogens is 1. The van der Waals surface area contributed by atoms with Gasteiger partial charge in [0.25, 0.3) is 0 Å². The summed E-state index contributed by atoms with van der Waals surface area (Å²) in [7, 11) is 2.29. The molecule has 0 aromatic heterocycles. The van der Waals surface area contributed by atoms with Crippen molar-refractivity contribution in [1.82, 2.24) is 0 Å². The average molecular weight is 158 g/mol. The molecule has 0 aromatic carbocycles. The third-order valence-electron chi connectivity index (χ3n) is 2.29. The molecule has 0 fully saturated rings. The van der Waals surface area contributed by atoms with Crippen molar-refractivity contribution < 1.29 is 4.48 Å². The molecule has 0 saturated heterocycles. The molecule has 0 spiro atoms. The van der Waals surface area contributed by atoms with E-state index in [1.54, 1.807) is 0 Å². The second kappa shape index (κ2) is 7.38. The molecule has 0 rings (SSSR count). The highest BCUT2D eigenvalue weighted by Gasteiger charge is 2.10. The van der Waals surface area contributed by atoms with Crippen LogP contribution in [0.1, 0.15) is 20.8 Å². The number of rotatable bonds is 3. The minimum Gasteiger partial charge on any atom is -0.373 e. The van der Waals surface area contributed by atoms with E-state index in [9.17, 15) is 0 Å². The highest BCUT2D eigenvalue weighted by molar-refractivity contribution is 4.36. The molecule has 11 heavy (non-hydrogen) atoms. The fourth-order valence-corrected chi connectivity index (χ4v) is 0.671. The molecule has 66 valence electrons. The van der Waals surface area contributed by atoms with E-state index in [1.165, 1.54) is 29.0 Å². The monoisotopic (exact) mass is 158 g/mol. The van der Waals surface area contributed by atoms with Crippen molar-refractivity contribution in [3.63, 3.8) is 0 Å². The molecule has 0 atom stereocenters. The molecular formula is C7H18N4. The normalized spacial score (nSPS) is 9.45. The average Bonchev–Trinajstić information content (AvgIpc) is 2.05. The van der Waals surface area contributed by atoms with E-state index in [-0.39, 0.29) is 0 Å². The lowest BCUT2D eigenvalue weighted by Crippen LogP contribution is -2.42. The van der Waals surface area contributed by atoms with Gasteiger partial charge in [-0.05, 0) is 20.8 Å². The Morgan fingerprint density at radius 1 is 1.00 bits per heavy atom. The molecule has 0 N–H and O–H groups in total. The van der Waals surface area contributed by atoms with Crippen LogP contribution in [0.15, 0.2) is 0 Å². The van der Waals surface area contributed by atoms with Crippen LogP contribution in [-0.4, -0.2) is 31.2 Å². The second-order valence-corrected chi connectivity index (χ2v) is 2.66. The molecule has 0 bridgehead atoms. The van der Waals surface area contributed by atoms with Crippen LogP contribution < -0.4 is 0 Å². The van der Waals surface area contributed by atoms with Gasteiger partial charge in [-0.3, -0.25) is 4.91 Å². The van der Waals surface area contributed by atoms with Crippen LogP contribution in [0.2, 0.25) is 0 Å². The molecule has 0 saturated carbocycles. The molecule has 0 heterocycles. The van der Waals surface area contributed by atoms with E-state index in [1.807, 2.05) is 0 Å². The molecule has 0 unspecified atom stereocenters. The van der Waals surface area contributed by atoms with Gasteiger partial charge in [0.1, 0.15) is 0 Å². The Morgan fingerprint density at radius 2 is 1.18 bits per heavy atom. The summed E-state index contributed by atoms with van der Waals surface area (Å²) >= 11 is 0. The van der Waals surface area contributed by atoms with Crippen molar-refractivity contribution in [2.75, 3.05) is 26.7 Å². The predicted octanol–water partition coefficient (Wildman–Crippen LogP) is 2.36. The molecule has 4 heteroatoms. The quantitative estimate of drug-likeness (QED) is 0.262. The summed E-state index contributed by atoms with van der Waals surface area (Å²) in [6.07, 6.45) is 0. The summed E-state index contributed by atoms with van der Waals surface area (Å²) in [4.78, 5) is 1.50. The molecular weight excluding hydrogens is 140 g/mol. The lowest BCUT2D eigenvalue weighted by atomic mass is 10.4. The maximum absolute atomic E-state index is 6.75. The van der Waals surface area contributed by atoms with Crippen LogP contribution in [0, 0.1) is 0 Å². The van der Waals surface area contributed by atoms with Gasteiger partial charge in [-0.2, -0.15) is 0 Å². The van der Waals surface area contributed by atoms with Gasteiger partial charge in [-0.15, -0.1) is 0 Å². The Balaban J connectivity index is 0. The fourth-order valence-electron chi connectivity index (χ4n) is 0.671. The van der Waals surface area contributed by atoms with Gasteiger partial charge in [0.2, 0.25) is 0 Å². The minimum atomic E-state index is 1.21. The lowest BCUT2D eigenvalue weighted by Gasteiger charge is -2.30. The van der Waals surface area contributed by atoms with Crippen molar-refractivity contribution in [3.05, 3.63) is 16.0 Å². The first kappa shape index (κ1) is 12.9. The van der Waals surface area contributed by atoms with Crippen LogP contribution >= 0.6 is 0 Å². The molecule has 0 aliphatic rings. The zero-order valence-corrected chi connectivity index (χ0v) is 7.91. The second-order valence-electron chi connectivity index (χ2n) is 2.66. The predicted molar refractivity (Wildman–Crippen MR) is 47.9 cm³/mol. The van der Waals surface area contributed by atoms with E-state index >= 15 is 0 Å². The smallest absolute Gasteiger partial charge is 0.0755 e. The maximum Gasteiger partial charge on any atom is 0.0755 e. The highest BCUT2D eigenvalue weighted by atomic mass is 15.3. The summed E-state index contributed by atoms with van der Waals surface area (Å²) in [5.41, 5.74) is 13.5. The largest absolute Gasteiger partial charge is 0.373 e. The van der Waals surface area contributed by atoms with Crippen molar-refractivity contribution >= 4 is 0 Å². The van der Waals surface area contributed by atoms with Gasteiger partial charge in [0, 0.05) is 0 Å². The Bertz CT molecular complexity index is 103. The number of hydrogen-bond donors (Lipinski definition) is 0. The van der Waals surface area contributed by atoms with Crippen molar-refractivity contribution in [3.8, 4) is 0 Å². The highest BCUT2D eigenvalue weighted by Crippen LogP contribution is 1.97. The van der Waals surface area contributed by atoms with E-state index in [2.05, 4.69) is 27.8 Å². The van der Waals surface area contributed by atoms with Crippen molar-refractivity contribution in [2.45, 2.75) is 20.8 Å². The summed E-state index contributed by atoms with van der Waals surface area (Å²) in [5.74, 6) is 0. The SMILES string of the molecule is CC[N+](C)(CC)CC.[N-]=[N+]=[N-]. The maximum atomic E-state index is 6.75. The molecule has 0 aromatic rings. The first-order valence-electron chi connectivity index (χ1n) is 3.92. The molecule has 0 aliphatic heterocycles. The molecule has 0 aliphatic carbocycles. The first-order chi connectivity index (χ1) is 5.10. The van der Waals surface area contributed by atoms with Crippen LogP contribution in [0.25, 0.3) is 16.0 Å². The zero-order chi connectivity index (χ0) is 9.33. The van der Waals surface area contributed by atoms with E-state index in [4.69, 9.17) is 11.1 Å². The van der Waals surface area contributed by atoms with Crippen LogP contribution in [-0.2, 0) is 0 Å². The van der Waals surface area contributed by atoms with Gasteiger partial charge < -0.3 is 15.5 Å².